The highest BCUT2D eigenvalue weighted by atomic mass is 35.5. The molecule has 1 N–H and O–H groups in total. The lowest BCUT2D eigenvalue weighted by Gasteiger charge is -2.09. The van der Waals surface area contributed by atoms with Gasteiger partial charge >= 0.3 is 0 Å². The van der Waals surface area contributed by atoms with Crippen LogP contribution in [-0.4, -0.2) is 24.8 Å². The molecule has 0 saturated carbocycles. The topological polar surface area (TPSA) is 38.3 Å². The number of carbonyl (C=O) groups is 1. The van der Waals surface area contributed by atoms with Gasteiger partial charge in [0.05, 0.1) is 5.02 Å². The third-order valence-electron chi connectivity index (χ3n) is 2.67. The number of amides is 1. The number of hydrogen-bond donors (Lipinski definition) is 1. The van der Waals surface area contributed by atoms with Crippen LogP contribution in [0, 0.1) is 0 Å². The van der Waals surface area contributed by atoms with Gasteiger partial charge in [0.2, 0.25) is 0 Å². The highest BCUT2D eigenvalue weighted by Gasteiger charge is 2.08. The van der Waals surface area contributed by atoms with Gasteiger partial charge in [-0.3, -0.25) is 4.79 Å². The molecule has 0 fully saturated rings. The van der Waals surface area contributed by atoms with E-state index in [0.717, 1.165) is 11.5 Å². The fraction of sp³-hybridized carbons (Fsp3) is 0.267. The zero-order valence-corrected chi connectivity index (χ0v) is 14.8. The van der Waals surface area contributed by atoms with Crippen molar-refractivity contribution in [3.63, 3.8) is 0 Å². The average molecular weight is 376 g/mol. The van der Waals surface area contributed by atoms with Gasteiger partial charge in [0.25, 0.3) is 5.91 Å². The first kappa shape index (κ1) is 17.5. The molecule has 1 aromatic heterocycles. The molecule has 1 heterocycles. The van der Waals surface area contributed by atoms with Gasteiger partial charge in [0, 0.05) is 22.9 Å². The van der Waals surface area contributed by atoms with E-state index >= 15 is 0 Å². The Labute approximate surface area is 148 Å². The number of thiophene rings is 1. The van der Waals surface area contributed by atoms with Crippen LogP contribution in [0.4, 0.5) is 0 Å². The van der Waals surface area contributed by atoms with Crippen LogP contribution in [0.1, 0.15) is 4.88 Å². The van der Waals surface area contributed by atoms with Crippen LogP contribution in [0.2, 0.25) is 10.0 Å². The molecule has 3 nitrogen and oxygen atoms in total. The highest BCUT2D eigenvalue weighted by Crippen LogP contribution is 2.31. The molecule has 2 aromatic rings. The van der Waals surface area contributed by atoms with Gasteiger partial charge in [-0.2, -0.15) is 11.8 Å². The van der Waals surface area contributed by atoms with E-state index in [1.54, 1.807) is 41.3 Å². The average Bonchev–Trinajstić information content (AvgIpc) is 3.02. The summed E-state index contributed by atoms with van der Waals surface area (Å²) in [6.07, 6.45) is 0. The molecule has 0 aliphatic heterocycles. The molecule has 0 saturated heterocycles. The zero-order valence-electron chi connectivity index (χ0n) is 11.7. The van der Waals surface area contributed by atoms with Gasteiger partial charge in [-0.15, -0.1) is 11.3 Å². The van der Waals surface area contributed by atoms with E-state index in [0.29, 0.717) is 22.3 Å². The van der Waals surface area contributed by atoms with Gasteiger partial charge in [0.15, 0.2) is 6.61 Å². The summed E-state index contributed by atoms with van der Waals surface area (Å²) in [5.41, 5.74) is 0. The van der Waals surface area contributed by atoms with Crippen LogP contribution in [-0.2, 0) is 10.5 Å². The van der Waals surface area contributed by atoms with Gasteiger partial charge in [0.1, 0.15) is 10.8 Å². The van der Waals surface area contributed by atoms with Crippen molar-refractivity contribution in [1.82, 2.24) is 5.32 Å². The number of hydrogen-bond acceptors (Lipinski definition) is 4. The summed E-state index contributed by atoms with van der Waals surface area (Å²) in [4.78, 5) is 13.0. The molecule has 0 radical (unpaired) electrons. The molecular weight excluding hydrogens is 361 g/mol. The van der Waals surface area contributed by atoms with Crippen LogP contribution in [0.5, 0.6) is 5.75 Å². The summed E-state index contributed by atoms with van der Waals surface area (Å²) in [6.45, 7) is 0.539. The molecule has 0 bridgehead atoms. The molecular formula is C15H15Cl2NO2S2. The Morgan fingerprint density at radius 3 is 2.91 bits per heavy atom. The number of thioether (sulfide) groups is 1. The van der Waals surface area contributed by atoms with E-state index in [1.165, 1.54) is 4.88 Å². The minimum absolute atomic E-state index is 0.0738. The lowest BCUT2D eigenvalue weighted by molar-refractivity contribution is -0.122. The number of nitrogens with one attached hydrogen (secondary N) is 1. The number of rotatable bonds is 8. The molecule has 0 aliphatic carbocycles. The number of halogens is 2. The molecule has 0 aliphatic rings. The predicted molar refractivity (Wildman–Crippen MR) is 95.4 cm³/mol. The summed E-state index contributed by atoms with van der Waals surface area (Å²) in [5, 5.41) is 5.60. The molecule has 1 amide bonds. The van der Waals surface area contributed by atoms with Crippen LogP contribution < -0.4 is 10.1 Å². The molecule has 0 unspecified atom stereocenters. The number of benzene rings is 1. The minimum Gasteiger partial charge on any atom is -0.482 e. The Hall–Kier alpha value is -0.880. The van der Waals surface area contributed by atoms with Gasteiger partial charge in [-0.25, -0.2) is 0 Å². The van der Waals surface area contributed by atoms with Crippen molar-refractivity contribution in [3.8, 4) is 5.75 Å². The van der Waals surface area contributed by atoms with E-state index in [4.69, 9.17) is 27.9 Å². The van der Waals surface area contributed by atoms with Gasteiger partial charge in [-0.1, -0.05) is 35.3 Å². The SMILES string of the molecule is O=C(COc1cccc(Cl)c1Cl)NCCSCc1cccs1. The van der Waals surface area contributed by atoms with Crippen LogP contribution in [0.3, 0.4) is 0 Å². The first-order valence-corrected chi connectivity index (χ1v) is 9.39. The maximum absolute atomic E-state index is 11.7. The Morgan fingerprint density at radius 1 is 1.27 bits per heavy atom. The Morgan fingerprint density at radius 2 is 2.14 bits per heavy atom. The maximum atomic E-state index is 11.7. The van der Waals surface area contributed by atoms with Crippen molar-refractivity contribution in [3.05, 3.63) is 50.6 Å². The Kier molecular flexibility index (Phi) is 7.39. The number of carbonyl (C=O) groups excluding carboxylic acids is 1. The fourth-order valence-electron chi connectivity index (χ4n) is 1.62. The second-order valence-corrected chi connectivity index (χ2v) is 7.25. The lowest BCUT2D eigenvalue weighted by Crippen LogP contribution is -2.30. The molecule has 1 aromatic carbocycles. The molecule has 7 heteroatoms. The van der Waals surface area contributed by atoms with Crippen molar-refractivity contribution >= 4 is 52.2 Å². The third-order valence-corrected chi connectivity index (χ3v) is 5.54. The molecule has 0 spiro atoms. The van der Waals surface area contributed by atoms with Crippen molar-refractivity contribution in [2.24, 2.45) is 0 Å². The molecule has 22 heavy (non-hydrogen) atoms. The summed E-state index contributed by atoms with van der Waals surface area (Å²) >= 11 is 15.4. The normalized spacial score (nSPS) is 10.5. The van der Waals surface area contributed by atoms with Crippen molar-refractivity contribution in [2.45, 2.75) is 5.75 Å². The Balaban J connectivity index is 1.60. The summed E-state index contributed by atoms with van der Waals surface area (Å²) in [5.74, 6) is 2.08. The van der Waals surface area contributed by atoms with E-state index < -0.39 is 0 Å². The zero-order chi connectivity index (χ0) is 15.8. The number of ether oxygens (including phenoxy) is 1. The summed E-state index contributed by atoms with van der Waals surface area (Å²) in [6, 6.07) is 9.22. The van der Waals surface area contributed by atoms with E-state index in [1.807, 2.05) is 6.07 Å². The van der Waals surface area contributed by atoms with E-state index in [-0.39, 0.29) is 12.5 Å². The van der Waals surface area contributed by atoms with E-state index in [9.17, 15) is 4.79 Å². The van der Waals surface area contributed by atoms with Crippen LogP contribution in [0.15, 0.2) is 35.7 Å². The standard InChI is InChI=1S/C15H15Cl2NO2S2/c16-12-4-1-5-13(15(12)17)20-9-14(19)18-6-8-21-10-11-3-2-7-22-11/h1-5,7H,6,8-10H2,(H,18,19). The first-order valence-electron chi connectivity index (χ1n) is 6.60. The van der Waals surface area contributed by atoms with Crippen LogP contribution in [0.25, 0.3) is 0 Å². The Bertz CT molecular complexity index is 606. The lowest BCUT2D eigenvalue weighted by atomic mass is 10.3. The predicted octanol–water partition coefficient (Wildman–Crippen LogP) is 4.48. The van der Waals surface area contributed by atoms with Crippen molar-refractivity contribution in [1.29, 1.82) is 0 Å². The van der Waals surface area contributed by atoms with Gasteiger partial charge < -0.3 is 10.1 Å². The smallest absolute Gasteiger partial charge is 0.257 e. The van der Waals surface area contributed by atoms with E-state index in [2.05, 4.69) is 16.8 Å². The van der Waals surface area contributed by atoms with Crippen LogP contribution >= 0.6 is 46.3 Å². The minimum atomic E-state index is -0.173. The second-order valence-electron chi connectivity index (χ2n) is 4.32. The van der Waals surface area contributed by atoms with Crippen molar-refractivity contribution < 1.29 is 9.53 Å². The largest absolute Gasteiger partial charge is 0.482 e. The fourth-order valence-corrected chi connectivity index (χ4v) is 3.67. The molecule has 118 valence electrons. The maximum Gasteiger partial charge on any atom is 0.257 e. The monoisotopic (exact) mass is 375 g/mol. The molecule has 2 rings (SSSR count). The quantitative estimate of drug-likeness (QED) is 0.691. The van der Waals surface area contributed by atoms with Crippen molar-refractivity contribution in [2.75, 3.05) is 18.9 Å². The summed E-state index contributed by atoms with van der Waals surface area (Å²) < 4.78 is 5.36. The second kappa shape index (κ2) is 9.30. The highest BCUT2D eigenvalue weighted by molar-refractivity contribution is 7.98. The third kappa shape index (κ3) is 5.72. The summed E-state index contributed by atoms with van der Waals surface area (Å²) in [7, 11) is 0. The van der Waals surface area contributed by atoms with Gasteiger partial charge in [-0.05, 0) is 23.6 Å². The molecule has 0 atom stereocenters. The first-order chi connectivity index (χ1) is 10.7.